The Morgan fingerprint density at radius 2 is 2.19 bits per heavy atom. The van der Waals surface area contributed by atoms with Gasteiger partial charge in [-0.15, -0.1) is 0 Å². The average Bonchev–Trinajstić information content (AvgIpc) is 2.53. The number of nitrogens with zero attached hydrogens (tertiary/aromatic N) is 2. The van der Waals surface area contributed by atoms with Crippen molar-refractivity contribution in [2.75, 3.05) is 27.2 Å². The van der Waals surface area contributed by atoms with Crippen LogP contribution in [0, 0.1) is 5.41 Å². The van der Waals surface area contributed by atoms with Gasteiger partial charge in [-0.05, 0) is 25.8 Å². The summed E-state index contributed by atoms with van der Waals surface area (Å²) < 4.78 is 4.98. The van der Waals surface area contributed by atoms with E-state index in [1.165, 1.54) is 13.3 Å². The van der Waals surface area contributed by atoms with Crippen molar-refractivity contribution in [3.05, 3.63) is 23.9 Å². The van der Waals surface area contributed by atoms with Crippen LogP contribution in [0.25, 0.3) is 0 Å². The first-order chi connectivity index (χ1) is 10.00. The van der Waals surface area contributed by atoms with Gasteiger partial charge in [0, 0.05) is 32.4 Å². The summed E-state index contributed by atoms with van der Waals surface area (Å²) in [5.41, 5.74) is -0.0142. The molecule has 0 spiro atoms. The molecule has 1 aromatic rings. The van der Waals surface area contributed by atoms with E-state index < -0.39 is 5.41 Å². The van der Waals surface area contributed by atoms with Gasteiger partial charge in [0.25, 0.3) is 5.91 Å². The normalized spacial score (nSPS) is 21.8. The molecule has 1 N–H and O–H groups in total. The molecule has 0 radical (unpaired) electrons. The monoisotopic (exact) mass is 291 g/mol. The summed E-state index contributed by atoms with van der Waals surface area (Å²) in [6.45, 7) is 2.99. The van der Waals surface area contributed by atoms with Gasteiger partial charge in [-0.3, -0.25) is 9.59 Å². The number of rotatable bonds is 3. The third kappa shape index (κ3) is 3.15. The van der Waals surface area contributed by atoms with Gasteiger partial charge in [-0.25, -0.2) is 4.98 Å². The van der Waals surface area contributed by atoms with Crippen LogP contribution in [0.1, 0.15) is 30.1 Å². The van der Waals surface area contributed by atoms with Crippen LogP contribution in [0.4, 0.5) is 0 Å². The van der Waals surface area contributed by atoms with Crippen LogP contribution in [0.3, 0.4) is 0 Å². The predicted octanol–water partition coefficient (Wildman–Crippen LogP) is 1.08. The van der Waals surface area contributed by atoms with Crippen LogP contribution < -0.4 is 10.1 Å². The summed E-state index contributed by atoms with van der Waals surface area (Å²) in [6.07, 6.45) is 3.11. The lowest BCUT2D eigenvalue weighted by Gasteiger charge is -2.39. The topological polar surface area (TPSA) is 71.5 Å². The highest BCUT2D eigenvalue weighted by molar-refractivity contribution is 5.94. The number of likely N-dealkylation sites (tertiary alicyclic amines) is 1. The summed E-state index contributed by atoms with van der Waals surface area (Å²) in [6, 6.07) is 3.36. The number of ether oxygens (including phenoxy) is 1. The van der Waals surface area contributed by atoms with Crippen molar-refractivity contribution in [3.8, 4) is 5.88 Å². The highest BCUT2D eigenvalue weighted by atomic mass is 16.5. The first-order valence-corrected chi connectivity index (χ1v) is 7.01. The second-order valence-electron chi connectivity index (χ2n) is 5.56. The van der Waals surface area contributed by atoms with Crippen LogP contribution in [0.2, 0.25) is 0 Å². The molecule has 2 amide bonds. The van der Waals surface area contributed by atoms with E-state index >= 15 is 0 Å². The molecule has 2 heterocycles. The minimum Gasteiger partial charge on any atom is -0.481 e. The van der Waals surface area contributed by atoms with Crippen molar-refractivity contribution in [1.82, 2.24) is 15.2 Å². The van der Waals surface area contributed by atoms with Crippen molar-refractivity contribution in [3.63, 3.8) is 0 Å². The molecule has 1 aliphatic rings. The van der Waals surface area contributed by atoms with Crippen molar-refractivity contribution in [2.24, 2.45) is 5.41 Å². The van der Waals surface area contributed by atoms with E-state index in [-0.39, 0.29) is 11.8 Å². The number of piperidine rings is 1. The SMILES string of the molecule is CNC(=O)[C@@]1(C)CCCN(C(=O)c2ccc(OC)nc2)C1. The number of pyridine rings is 1. The molecule has 1 aliphatic heterocycles. The molecular formula is C15H21N3O3. The number of hydrogen-bond acceptors (Lipinski definition) is 4. The standard InChI is InChI=1S/C15H21N3O3/c1-15(14(20)16-2)7-4-8-18(10-15)13(19)11-5-6-12(21-3)17-9-11/h5-6,9H,4,7-8,10H2,1-3H3,(H,16,20)/t15-/m0/s1. The first kappa shape index (κ1) is 15.3. The predicted molar refractivity (Wildman–Crippen MR) is 78.1 cm³/mol. The quantitative estimate of drug-likeness (QED) is 0.904. The van der Waals surface area contributed by atoms with Gasteiger partial charge in [0.2, 0.25) is 11.8 Å². The second kappa shape index (κ2) is 6.11. The van der Waals surface area contributed by atoms with Crippen LogP contribution in [-0.2, 0) is 4.79 Å². The van der Waals surface area contributed by atoms with E-state index in [1.807, 2.05) is 6.92 Å². The molecule has 0 saturated carbocycles. The van der Waals surface area contributed by atoms with Crippen molar-refractivity contribution in [1.29, 1.82) is 0 Å². The Kier molecular flexibility index (Phi) is 4.45. The van der Waals surface area contributed by atoms with E-state index in [9.17, 15) is 9.59 Å². The van der Waals surface area contributed by atoms with Gasteiger partial charge < -0.3 is 15.0 Å². The van der Waals surface area contributed by atoms with E-state index in [1.54, 1.807) is 24.1 Å². The second-order valence-corrected chi connectivity index (χ2v) is 5.56. The number of methoxy groups -OCH3 is 1. The molecule has 21 heavy (non-hydrogen) atoms. The Hall–Kier alpha value is -2.11. The number of amides is 2. The molecule has 2 rings (SSSR count). The number of aromatic nitrogens is 1. The fraction of sp³-hybridized carbons (Fsp3) is 0.533. The average molecular weight is 291 g/mol. The summed E-state index contributed by atoms with van der Waals surface area (Å²) in [5.74, 6) is 0.355. The Morgan fingerprint density at radius 1 is 1.43 bits per heavy atom. The molecule has 0 unspecified atom stereocenters. The number of hydrogen-bond donors (Lipinski definition) is 1. The number of nitrogens with one attached hydrogen (secondary N) is 1. The van der Waals surface area contributed by atoms with Crippen LogP contribution in [-0.4, -0.2) is 48.9 Å². The van der Waals surface area contributed by atoms with Gasteiger partial charge in [0.05, 0.1) is 18.1 Å². The Morgan fingerprint density at radius 3 is 2.76 bits per heavy atom. The zero-order valence-corrected chi connectivity index (χ0v) is 12.7. The molecule has 1 atom stereocenters. The smallest absolute Gasteiger partial charge is 0.255 e. The van der Waals surface area contributed by atoms with Gasteiger partial charge >= 0.3 is 0 Å². The minimum atomic E-state index is -0.525. The van der Waals surface area contributed by atoms with Crippen LogP contribution >= 0.6 is 0 Å². The summed E-state index contributed by atoms with van der Waals surface area (Å²) in [7, 11) is 3.16. The maximum absolute atomic E-state index is 12.5. The van der Waals surface area contributed by atoms with E-state index in [4.69, 9.17) is 4.74 Å². The molecular weight excluding hydrogens is 270 g/mol. The Bertz CT molecular complexity index is 529. The van der Waals surface area contributed by atoms with Gasteiger partial charge in [-0.2, -0.15) is 0 Å². The lowest BCUT2D eigenvalue weighted by Crippen LogP contribution is -2.51. The first-order valence-electron chi connectivity index (χ1n) is 7.01. The van der Waals surface area contributed by atoms with E-state index in [0.717, 1.165) is 12.8 Å². The largest absolute Gasteiger partial charge is 0.481 e. The van der Waals surface area contributed by atoms with Crippen LogP contribution in [0.15, 0.2) is 18.3 Å². The minimum absolute atomic E-state index is 0.0205. The zero-order chi connectivity index (χ0) is 15.5. The molecule has 0 bridgehead atoms. The lowest BCUT2D eigenvalue weighted by molar-refractivity contribution is -0.132. The van der Waals surface area contributed by atoms with Crippen molar-refractivity contribution in [2.45, 2.75) is 19.8 Å². The van der Waals surface area contributed by atoms with Gasteiger partial charge in [-0.1, -0.05) is 0 Å². The van der Waals surface area contributed by atoms with Gasteiger partial charge in [0.1, 0.15) is 0 Å². The summed E-state index contributed by atoms with van der Waals surface area (Å²) in [5, 5.41) is 2.68. The van der Waals surface area contributed by atoms with Crippen LogP contribution in [0.5, 0.6) is 5.88 Å². The molecule has 0 aromatic carbocycles. The molecule has 1 aromatic heterocycles. The summed E-state index contributed by atoms with van der Waals surface area (Å²) >= 11 is 0. The number of carbonyl (C=O) groups excluding carboxylic acids is 2. The van der Waals surface area contributed by atoms with E-state index in [0.29, 0.717) is 24.5 Å². The number of carbonyl (C=O) groups is 2. The third-order valence-electron chi connectivity index (χ3n) is 3.95. The molecule has 6 nitrogen and oxygen atoms in total. The van der Waals surface area contributed by atoms with Crippen molar-refractivity contribution < 1.29 is 14.3 Å². The Labute approximate surface area is 124 Å². The molecule has 0 aliphatic carbocycles. The lowest BCUT2D eigenvalue weighted by atomic mass is 9.81. The highest BCUT2D eigenvalue weighted by Crippen LogP contribution is 2.30. The molecule has 6 heteroatoms. The molecule has 114 valence electrons. The Balaban J connectivity index is 2.13. The molecule has 1 fully saturated rings. The molecule has 1 saturated heterocycles. The highest BCUT2D eigenvalue weighted by Gasteiger charge is 2.38. The fourth-order valence-electron chi connectivity index (χ4n) is 2.71. The maximum Gasteiger partial charge on any atom is 0.255 e. The van der Waals surface area contributed by atoms with Gasteiger partial charge in [0.15, 0.2) is 0 Å². The maximum atomic E-state index is 12.5. The van der Waals surface area contributed by atoms with E-state index in [2.05, 4.69) is 10.3 Å². The third-order valence-corrected chi connectivity index (χ3v) is 3.95. The zero-order valence-electron chi connectivity index (χ0n) is 12.7. The van der Waals surface area contributed by atoms with Crippen molar-refractivity contribution >= 4 is 11.8 Å². The summed E-state index contributed by atoms with van der Waals surface area (Å²) in [4.78, 5) is 30.3. The fourth-order valence-corrected chi connectivity index (χ4v) is 2.71.